The van der Waals surface area contributed by atoms with Crippen LogP contribution in [0.25, 0.3) is 0 Å². The van der Waals surface area contributed by atoms with Gasteiger partial charge in [-0.2, -0.15) is 16.9 Å². The molecule has 9 heteroatoms. The first-order chi connectivity index (χ1) is 13.8. The molecule has 0 amide bonds. The molecule has 0 unspecified atom stereocenters. The molecule has 0 aromatic carbocycles. The van der Waals surface area contributed by atoms with Crippen molar-refractivity contribution in [1.29, 1.82) is 0 Å². The Balaban J connectivity index is 0.00000240. The van der Waals surface area contributed by atoms with E-state index in [1.54, 1.807) is 6.33 Å². The van der Waals surface area contributed by atoms with Gasteiger partial charge in [-0.3, -0.25) is 15.0 Å². The minimum atomic E-state index is 0. The quantitative estimate of drug-likeness (QED) is 0.353. The molecule has 1 aromatic heterocycles. The number of piperidine rings is 1. The third-order valence-electron chi connectivity index (χ3n) is 6.87. The number of aromatic nitrogens is 3. The van der Waals surface area contributed by atoms with Crippen LogP contribution in [0.15, 0.2) is 11.3 Å². The number of halogens is 1. The molecule has 1 aliphatic carbocycles. The van der Waals surface area contributed by atoms with E-state index in [0.29, 0.717) is 11.5 Å². The Hall–Kier alpha value is -0.550. The summed E-state index contributed by atoms with van der Waals surface area (Å²) in [5.74, 6) is 5.17. The highest BCUT2D eigenvalue weighted by molar-refractivity contribution is 14.0. The zero-order chi connectivity index (χ0) is 19.2. The summed E-state index contributed by atoms with van der Waals surface area (Å²) >= 11 is 2.11. The number of hydrogen-bond donors (Lipinski definition) is 2. The first kappa shape index (κ1) is 23.1. The molecule has 2 saturated heterocycles. The molecule has 0 atom stereocenters. The van der Waals surface area contributed by atoms with Crippen LogP contribution in [-0.2, 0) is 0 Å². The maximum atomic E-state index is 4.63. The van der Waals surface area contributed by atoms with Crippen molar-refractivity contribution in [2.45, 2.75) is 56.4 Å². The van der Waals surface area contributed by atoms with E-state index in [2.05, 4.69) is 47.1 Å². The SMILES string of the molecule is CN=C(NCC1(N2CCSCC2)CCCCC1)N1CCC(c2ncn[nH]2)CC1.I. The Morgan fingerprint density at radius 1 is 1.21 bits per heavy atom. The number of aliphatic imine (C=N–C) groups is 1. The predicted octanol–water partition coefficient (Wildman–Crippen LogP) is 2.93. The molecule has 3 fully saturated rings. The van der Waals surface area contributed by atoms with Crippen molar-refractivity contribution in [3.63, 3.8) is 0 Å². The van der Waals surface area contributed by atoms with Gasteiger partial charge in [0.1, 0.15) is 12.2 Å². The Labute approximate surface area is 196 Å². The molecular formula is C20H36IN7S. The van der Waals surface area contributed by atoms with Crippen LogP contribution in [-0.4, -0.2) is 87.8 Å². The van der Waals surface area contributed by atoms with E-state index in [4.69, 9.17) is 0 Å². The van der Waals surface area contributed by atoms with Crippen molar-refractivity contribution in [2.75, 3.05) is 51.3 Å². The van der Waals surface area contributed by atoms with Gasteiger partial charge in [0.2, 0.25) is 0 Å². The van der Waals surface area contributed by atoms with Crippen molar-refractivity contribution in [2.24, 2.45) is 4.99 Å². The number of nitrogens with zero attached hydrogens (tertiary/aromatic N) is 5. The van der Waals surface area contributed by atoms with E-state index in [1.807, 2.05) is 7.05 Å². The highest BCUT2D eigenvalue weighted by Gasteiger charge is 2.39. The Morgan fingerprint density at radius 3 is 2.55 bits per heavy atom. The van der Waals surface area contributed by atoms with Gasteiger partial charge in [0.15, 0.2) is 5.96 Å². The van der Waals surface area contributed by atoms with Gasteiger partial charge in [-0.25, -0.2) is 4.98 Å². The lowest BCUT2D eigenvalue weighted by Gasteiger charge is -2.48. The van der Waals surface area contributed by atoms with Gasteiger partial charge in [-0.05, 0) is 25.7 Å². The summed E-state index contributed by atoms with van der Waals surface area (Å²) in [6.45, 7) is 5.57. The van der Waals surface area contributed by atoms with Crippen molar-refractivity contribution < 1.29 is 0 Å². The number of guanidine groups is 1. The number of thioether (sulfide) groups is 1. The van der Waals surface area contributed by atoms with Gasteiger partial charge >= 0.3 is 0 Å². The fraction of sp³-hybridized carbons (Fsp3) is 0.850. The monoisotopic (exact) mass is 533 g/mol. The zero-order valence-corrected chi connectivity index (χ0v) is 20.8. The Morgan fingerprint density at radius 2 is 1.93 bits per heavy atom. The minimum Gasteiger partial charge on any atom is -0.354 e. The second kappa shape index (κ2) is 11.2. The van der Waals surface area contributed by atoms with Crippen LogP contribution in [0, 0.1) is 0 Å². The number of aromatic amines is 1. The average molecular weight is 534 g/mol. The molecule has 3 heterocycles. The fourth-order valence-electron chi connectivity index (χ4n) is 5.20. The Kier molecular flexibility index (Phi) is 8.91. The minimum absolute atomic E-state index is 0. The van der Waals surface area contributed by atoms with Crippen LogP contribution in [0.1, 0.15) is 56.7 Å². The molecule has 2 aliphatic heterocycles. The van der Waals surface area contributed by atoms with Gasteiger partial charge in [0.05, 0.1) is 0 Å². The van der Waals surface area contributed by atoms with Crippen molar-refractivity contribution in [3.8, 4) is 0 Å². The number of hydrogen-bond acceptors (Lipinski definition) is 5. The van der Waals surface area contributed by atoms with Crippen molar-refractivity contribution in [1.82, 2.24) is 30.3 Å². The summed E-state index contributed by atoms with van der Waals surface area (Å²) in [7, 11) is 1.93. The topological polar surface area (TPSA) is 72.4 Å². The van der Waals surface area contributed by atoms with Crippen LogP contribution in [0.5, 0.6) is 0 Å². The first-order valence-electron chi connectivity index (χ1n) is 10.9. The molecule has 1 saturated carbocycles. The summed E-state index contributed by atoms with van der Waals surface area (Å²) in [5, 5.41) is 10.8. The van der Waals surface area contributed by atoms with Crippen LogP contribution in [0.3, 0.4) is 0 Å². The maximum absolute atomic E-state index is 4.63. The maximum Gasteiger partial charge on any atom is 0.193 e. The second-order valence-corrected chi connectivity index (χ2v) is 9.64. The highest BCUT2D eigenvalue weighted by Crippen LogP contribution is 2.35. The zero-order valence-electron chi connectivity index (χ0n) is 17.6. The summed E-state index contributed by atoms with van der Waals surface area (Å²) in [5.41, 5.74) is 0.327. The molecule has 164 valence electrons. The van der Waals surface area contributed by atoms with Crippen LogP contribution >= 0.6 is 35.7 Å². The summed E-state index contributed by atoms with van der Waals surface area (Å²) in [4.78, 5) is 14.2. The smallest absolute Gasteiger partial charge is 0.193 e. The lowest BCUT2D eigenvalue weighted by Crippen LogP contribution is -2.60. The van der Waals surface area contributed by atoms with E-state index in [0.717, 1.165) is 44.3 Å². The summed E-state index contributed by atoms with van der Waals surface area (Å²) in [6.07, 6.45) is 10.6. The molecule has 29 heavy (non-hydrogen) atoms. The van der Waals surface area contributed by atoms with Crippen LogP contribution < -0.4 is 5.32 Å². The van der Waals surface area contributed by atoms with Gasteiger partial charge < -0.3 is 10.2 Å². The van der Waals surface area contributed by atoms with Crippen LogP contribution in [0.2, 0.25) is 0 Å². The van der Waals surface area contributed by atoms with E-state index >= 15 is 0 Å². The van der Waals surface area contributed by atoms with Gasteiger partial charge in [0.25, 0.3) is 0 Å². The normalized spacial score (nSPS) is 24.2. The summed E-state index contributed by atoms with van der Waals surface area (Å²) < 4.78 is 0. The molecule has 4 rings (SSSR count). The standard InChI is InChI=1S/C20H35N7S.HI/c1-21-19(26-9-5-17(6-10-26)18-23-16-24-25-18)22-15-20(7-3-2-4-8-20)27-11-13-28-14-12-27;/h16-17H,2-15H2,1H3,(H,21,22)(H,23,24,25);1H. The van der Waals surface area contributed by atoms with Crippen molar-refractivity contribution >= 4 is 41.7 Å². The molecule has 2 N–H and O–H groups in total. The number of rotatable bonds is 4. The van der Waals surface area contributed by atoms with Gasteiger partial charge in [0, 0.05) is 62.7 Å². The average Bonchev–Trinajstić information content (AvgIpc) is 3.31. The van der Waals surface area contributed by atoms with Crippen LogP contribution in [0.4, 0.5) is 0 Å². The lowest BCUT2D eigenvalue weighted by atomic mass is 9.80. The lowest BCUT2D eigenvalue weighted by molar-refractivity contribution is 0.0618. The largest absolute Gasteiger partial charge is 0.354 e. The van der Waals surface area contributed by atoms with Gasteiger partial charge in [-0.1, -0.05) is 19.3 Å². The fourth-order valence-corrected chi connectivity index (χ4v) is 6.11. The highest BCUT2D eigenvalue weighted by atomic mass is 127. The third kappa shape index (κ3) is 5.58. The molecule has 0 bridgehead atoms. The number of likely N-dealkylation sites (tertiary alicyclic amines) is 1. The molecular weight excluding hydrogens is 497 g/mol. The first-order valence-corrected chi connectivity index (χ1v) is 12.1. The number of H-pyrrole nitrogens is 1. The summed E-state index contributed by atoms with van der Waals surface area (Å²) in [6, 6.07) is 0. The predicted molar refractivity (Wildman–Crippen MR) is 131 cm³/mol. The molecule has 0 spiro atoms. The van der Waals surface area contributed by atoms with E-state index < -0.39 is 0 Å². The second-order valence-electron chi connectivity index (χ2n) is 8.42. The molecule has 0 radical (unpaired) electrons. The molecule has 1 aromatic rings. The van der Waals surface area contributed by atoms with E-state index in [9.17, 15) is 0 Å². The third-order valence-corrected chi connectivity index (χ3v) is 7.81. The number of nitrogens with one attached hydrogen (secondary N) is 2. The van der Waals surface area contributed by atoms with Crippen molar-refractivity contribution in [3.05, 3.63) is 12.2 Å². The molecule has 3 aliphatic rings. The van der Waals surface area contributed by atoms with E-state index in [-0.39, 0.29) is 24.0 Å². The Bertz CT molecular complexity index is 619. The molecule has 7 nitrogen and oxygen atoms in total. The van der Waals surface area contributed by atoms with E-state index in [1.165, 1.54) is 56.7 Å². The van der Waals surface area contributed by atoms with Gasteiger partial charge in [-0.15, -0.1) is 24.0 Å².